The van der Waals surface area contributed by atoms with Gasteiger partial charge in [0.2, 0.25) is 0 Å². The van der Waals surface area contributed by atoms with Gasteiger partial charge in [0.1, 0.15) is 6.10 Å². The smallest absolute Gasteiger partial charge is 0.306 e. The number of nitrogens with one attached hydrogen (secondary N) is 1. The molecule has 0 aromatic carbocycles. The van der Waals surface area contributed by atoms with Crippen molar-refractivity contribution in [1.82, 2.24) is 14.5 Å². The Balaban J connectivity index is 2.36. The molecule has 0 spiro atoms. The molecular formula is C48H89N3O5S. The molecule has 332 valence electrons. The predicted molar refractivity (Wildman–Crippen MR) is 243 cm³/mol. The zero-order valence-electron chi connectivity index (χ0n) is 37.4. The van der Waals surface area contributed by atoms with Crippen LogP contribution in [0, 0.1) is 4.77 Å². The van der Waals surface area contributed by atoms with E-state index >= 15 is 0 Å². The Morgan fingerprint density at radius 3 is 1.56 bits per heavy atom. The van der Waals surface area contributed by atoms with E-state index in [-0.39, 0.29) is 23.6 Å². The second-order valence-electron chi connectivity index (χ2n) is 16.7. The number of hydrogen-bond acceptors (Lipinski definition) is 7. The molecule has 0 saturated carbocycles. The first-order chi connectivity index (χ1) is 27.9. The maximum absolute atomic E-state index is 12.8. The van der Waals surface area contributed by atoms with E-state index in [1.165, 1.54) is 122 Å². The molecule has 8 nitrogen and oxygen atoms in total. The summed E-state index contributed by atoms with van der Waals surface area (Å²) in [6.45, 7) is 11.2. The summed E-state index contributed by atoms with van der Waals surface area (Å²) in [5, 5.41) is 0. The minimum absolute atomic E-state index is 0.00849. The molecule has 9 heteroatoms. The third-order valence-electron chi connectivity index (χ3n) is 11.3. The van der Waals surface area contributed by atoms with Crippen molar-refractivity contribution >= 4 is 24.2 Å². The van der Waals surface area contributed by atoms with E-state index in [1.54, 1.807) is 6.20 Å². The van der Waals surface area contributed by atoms with Gasteiger partial charge in [0, 0.05) is 31.6 Å². The molecule has 0 aliphatic heterocycles. The van der Waals surface area contributed by atoms with E-state index in [0.717, 1.165) is 110 Å². The van der Waals surface area contributed by atoms with Crippen LogP contribution in [0.5, 0.6) is 0 Å². The highest BCUT2D eigenvalue weighted by atomic mass is 32.1. The molecule has 0 saturated heterocycles. The van der Waals surface area contributed by atoms with E-state index in [2.05, 4.69) is 30.7 Å². The number of aromatic amines is 1. The third kappa shape index (κ3) is 33.5. The molecule has 1 aromatic heterocycles. The fraction of sp³-hybridized carbons (Fsp3) is 0.875. The Morgan fingerprint density at radius 1 is 0.596 bits per heavy atom. The van der Waals surface area contributed by atoms with Crippen LogP contribution in [0.25, 0.3) is 0 Å². The number of carbonyl (C=O) groups is 2. The van der Waals surface area contributed by atoms with Crippen molar-refractivity contribution in [3.8, 4) is 0 Å². The minimum atomic E-state index is -0.156. The van der Waals surface area contributed by atoms with Crippen LogP contribution in [-0.2, 0) is 25.6 Å². The maximum atomic E-state index is 12.8. The van der Waals surface area contributed by atoms with Crippen LogP contribution in [0.1, 0.15) is 233 Å². The fourth-order valence-electron chi connectivity index (χ4n) is 7.64. The second-order valence-corrected chi connectivity index (χ2v) is 17.1. The molecule has 0 unspecified atom stereocenters. The maximum Gasteiger partial charge on any atom is 0.306 e. The Labute approximate surface area is 355 Å². The largest absolute Gasteiger partial charge is 0.466 e. The Morgan fingerprint density at radius 2 is 1.04 bits per heavy atom. The highest BCUT2D eigenvalue weighted by molar-refractivity contribution is 7.71. The van der Waals surface area contributed by atoms with Crippen LogP contribution in [0.4, 0.5) is 0 Å². The number of carbonyl (C=O) groups excluding carboxylic acids is 2. The van der Waals surface area contributed by atoms with Gasteiger partial charge in [-0.25, -0.2) is 0 Å². The highest BCUT2D eigenvalue weighted by Gasteiger charge is 2.14. The average Bonchev–Trinajstić information content (AvgIpc) is 3.19. The topological polar surface area (TPSA) is 93.6 Å². The van der Waals surface area contributed by atoms with E-state index in [4.69, 9.17) is 21.7 Å². The molecular weight excluding hydrogens is 731 g/mol. The molecule has 57 heavy (non-hydrogen) atoms. The number of rotatable bonds is 42. The SMILES string of the molecule is CCCCCCCCOC(=O)CCCCCCCN(CCCCCCCC(=O)OC(CCCCCCCC)CCCCCCCC)CCCn1ccc(=O)[nH]c1=S. The lowest BCUT2D eigenvalue weighted by Crippen LogP contribution is -2.28. The van der Waals surface area contributed by atoms with Crippen molar-refractivity contribution in [3.05, 3.63) is 27.4 Å². The van der Waals surface area contributed by atoms with Gasteiger partial charge >= 0.3 is 11.9 Å². The van der Waals surface area contributed by atoms with Crippen molar-refractivity contribution in [2.24, 2.45) is 0 Å². The van der Waals surface area contributed by atoms with Crippen LogP contribution in [0.15, 0.2) is 17.1 Å². The molecule has 0 atom stereocenters. The van der Waals surface area contributed by atoms with Gasteiger partial charge in [0.15, 0.2) is 4.77 Å². The predicted octanol–water partition coefficient (Wildman–Crippen LogP) is 13.6. The van der Waals surface area contributed by atoms with Crippen molar-refractivity contribution < 1.29 is 19.1 Å². The summed E-state index contributed by atoms with van der Waals surface area (Å²) in [6, 6.07) is 1.54. The number of aromatic nitrogens is 2. The molecule has 1 N–H and O–H groups in total. The van der Waals surface area contributed by atoms with Crippen molar-refractivity contribution in [2.75, 3.05) is 26.2 Å². The quantitative estimate of drug-likeness (QED) is 0.0399. The summed E-state index contributed by atoms with van der Waals surface area (Å²) >= 11 is 5.36. The van der Waals surface area contributed by atoms with Crippen molar-refractivity contribution in [2.45, 2.75) is 245 Å². The number of aryl methyl sites for hydroxylation is 1. The van der Waals surface area contributed by atoms with Gasteiger partial charge in [-0.3, -0.25) is 19.4 Å². The van der Waals surface area contributed by atoms with Gasteiger partial charge in [-0.15, -0.1) is 0 Å². The van der Waals surface area contributed by atoms with E-state index in [9.17, 15) is 14.4 Å². The minimum Gasteiger partial charge on any atom is -0.466 e. The number of nitrogens with zero attached hydrogens (tertiary/aromatic N) is 2. The lowest BCUT2D eigenvalue weighted by Gasteiger charge is -2.22. The Kier molecular flexibility index (Phi) is 36.7. The average molecular weight is 820 g/mol. The lowest BCUT2D eigenvalue weighted by atomic mass is 10.0. The zero-order valence-corrected chi connectivity index (χ0v) is 38.3. The van der Waals surface area contributed by atoms with Crippen LogP contribution in [-0.4, -0.2) is 58.7 Å². The van der Waals surface area contributed by atoms with Gasteiger partial charge in [0.05, 0.1) is 6.61 Å². The Hall–Kier alpha value is -2.00. The number of hydrogen-bond donors (Lipinski definition) is 1. The number of esters is 2. The van der Waals surface area contributed by atoms with Crippen LogP contribution >= 0.6 is 12.2 Å². The first kappa shape index (κ1) is 53.0. The summed E-state index contributed by atoms with van der Waals surface area (Å²) in [5.74, 6) is -0.0299. The third-order valence-corrected chi connectivity index (χ3v) is 11.6. The standard InChI is InChI=1S/C48H89N3O5S/c1-4-7-10-13-18-25-33-44(34-26-19-14-11-8-5-2)56-47(54)36-28-21-17-23-30-39-50(40-32-41-51-42-37-45(52)49-48(51)57)38-29-22-16-20-27-35-46(53)55-43-31-24-15-12-9-6-3/h37,42,44H,4-36,38-41,43H2,1-3H3,(H,49,52,57). The fourth-order valence-corrected chi connectivity index (χ4v) is 7.90. The van der Waals surface area contributed by atoms with Crippen molar-refractivity contribution in [1.29, 1.82) is 0 Å². The molecule has 0 bridgehead atoms. The molecule has 1 heterocycles. The van der Waals surface area contributed by atoms with Crippen LogP contribution < -0.4 is 5.56 Å². The molecule has 0 radical (unpaired) electrons. The summed E-state index contributed by atoms with van der Waals surface area (Å²) in [5.41, 5.74) is -0.156. The van der Waals surface area contributed by atoms with Crippen LogP contribution in [0.3, 0.4) is 0 Å². The summed E-state index contributed by atoms with van der Waals surface area (Å²) in [6.07, 6.45) is 39.4. The summed E-state index contributed by atoms with van der Waals surface area (Å²) in [4.78, 5) is 41.8. The van der Waals surface area contributed by atoms with Gasteiger partial charge in [0.25, 0.3) is 5.56 Å². The highest BCUT2D eigenvalue weighted by Crippen LogP contribution is 2.19. The molecule has 0 amide bonds. The number of unbranched alkanes of at least 4 members (excludes halogenated alkanes) is 23. The molecule has 1 aromatic rings. The number of ether oxygens (including phenoxy) is 2. The van der Waals surface area contributed by atoms with Gasteiger partial charge in [-0.2, -0.15) is 0 Å². The van der Waals surface area contributed by atoms with Crippen LogP contribution in [0.2, 0.25) is 0 Å². The summed E-state index contributed by atoms with van der Waals surface area (Å²) in [7, 11) is 0. The van der Waals surface area contributed by atoms with E-state index in [1.807, 2.05) is 4.57 Å². The zero-order chi connectivity index (χ0) is 41.4. The van der Waals surface area contributed by atoms with Gasteiger partial charge in [-0.05, 0) is 96.1 Å². The first-order valence-electron chi connectivity index (χ1n) is 24.3. The summed E-state index contributed by atoms with van der Waals surface area (Å²) < 4.78 is 13.9. The molecule has 0 fully saturated rings. The lowest BCUT2D eigenvalue weighted by molar-refractivity contribution is -0.150. The normalized spacial score (nSPS) is 11.5. The molecule has 0 aliphatic rings. The van der Waals surface area contributed by atoms with E-state index in [0.29, 0.717) is 24.2 Å². The number of H-pyrrole nitrogens is 1. The molecule has 1 rings (SSSR count). The molecule has 0 aliphatic carbocycles. The monoisotopic (exact) mass is 820 g/mol. The second kappa shape index (κ2) is 39.5. The van der Waals surface area contributed by atoms with E-state index < -0.39 is 0 Å². The van der Waals surface area contributed by atoms with Gasteiger partial charge in [-0.1, -0.05) is 156 Å². The Bertz CT molecular complexity index is 1170. The van der Waals surface area contributed by atoms with Gasteiger partial charge < -0.3 is 18.9 Å². The van der Waals surface area contributed by atoms with Crippen molar-refractivity contribution in [3.63, 3.8) is 0 Å². The first-order valence-corrected chi connectivity index (χ1v) is 24.7.